The van der Waals surface area contributed by atoms with E-state index in [0.29, 0.717) is 25.2 Å². The van der Waals surface area contributed by atoms with Gasteiger partial charge in [-0.3, -0.25) is 4.79 Å². The first-order chi connectivity index (χ1) is 13.1. The fourth-order valence-electron chi connectivity index (χ4n) is 3.12. The zero-order valence-electron chi connectivity index (χ0n) is 15.2. The highest BCUT2D eigenvalue weighted by atomic mass is 32.2. The summed E-state index contributed by atoms with van der Waals surface area (Å²) in [5.74, 6) is 0.115. The Morgan fingerprint density at radius 1 is 1.07 bits per heavy atom. The fourth-order valence-corrected chi connectivity index (χ4v) is 4.58. The molecule has 2 fully saturated rings. The molecular formula is C18H22F3NO5S. The Morgan fingerprint density at radius 3 is 2.21 bits per heavy atom. The number of piperidine rings is 1. The molecule has 1 aliphatic heterocycles. The van der Waals surface area contributed by atoms with Crippen LogP contribution in [0.5, 0.6) is 5.75 Å². The molecule has 3 rings (SSSR count). The third kappa shape index (κ3) is 5.92. The van der Waals surface area contributed by atoms with Gasteiger partial charge in [-0.05, 0) is 55.9 Å². The summed E-state index contributed by atoms with van der Waals surface area (Å²) >= 11 is 0. The third-order valence-electron chi connectivity index (χ3n) is 4.79. The lowest BCUT2D eigenvalue weighted by atomic mass is 10.1. The number of hydrogen-bond acceptors (Lipinski definition) is 5. The van der Waals surface area contributed by atoms with E-state index in [4.69, 9.17) is 4.74 Å². The van der Waals surface area contributed by atoms with Crippen molar-refractivity contribution in [2.24, 2.45) is 5.92 Å². The number of carbonyl (C=O) groups excluding carboxylic acids is 1. The first-order valence-electron chi connectivity index (χ1n) is 9.13. The van der Waals surface area contributed by atoms with Crippen molar-refractivity contribution in [2.45, 2.75) is 49.5 Å². The van der Waals surface area contributed by atoms with Gasteiger partial charge in [0.05, 0.1) is 11.0 Å². The summed E-state index contributed by atoms with van der Waals surface area (Å²) in [7, 11) is -3.81. The average molecular weight is 421 g/mol. The molecule has 2 aliphatic rings. The predicted molar refractivity (Wildman–Crippen MR) is 93.2 cm³/mol. The minimum absolute atomic E-state index is 0.0641. The van der Waals surface area contributed by atoms with Crippen molar-refractivity contribution in [1.29, 1.82) is 0 Å². The van der Waals surface area contributed by atoms with Crippen LogP contribution in [0.3, 0.4) is 0 Å². The summed E-state index contributed by atoms with van der Waals surface area (Å²) in [5.41, 5.74) is 0. The van der Waals surface area contributed by atoms with Crippen LogP contribution in [0.4, 0.5) is 13.2 Å². The van der Waals surface area contributed by atoms with Crippen LogP contribution < -0.4 is 4.74 Å². The predicted octanol–water partition coefficient (Wildman–Crippen LogP) is 3.12. The van der Waals surface area contributed by atoms with Crippen molar-refractivity contribution >= 4 is 15.8 Å². The van der Waals surface area contributed by atoms with Crippen molar-refractivity contribution in [3.8, 4) is 5.75 Å². The van der Waals surface area contributed by atoms with Gasteiger partial charge >= 0.3 is 6.36 Å². The Morgan fingerprint density at radius 2 is 1.68 bits per heavy atom. The lowest BCUT2D eigenvalue weighted by Gasteiger charge is -2.31. The van der Waals surface area contributed by atoms with Gasteiger partial charge in [-0.25, -0.2) is 8.42 Å². The maximum absolute atomic E-state index is 12.7. The molecule has 1 saturated heterocycles. The molecule has 1 saturated carbocycles. The van der Waals surface area contributed by atoms with Crippen LogP contribution in [0.15, 0.2) is 29.2 Å². The van der Waals surface area contributed by atoms with E-state index in [1.54, 1.807) is 0 Å². The van der Waals surface area contributed by atoms with Crippen molar-refractivity contribution < 1.29 is 35.9 Å². The van der Waals surface area contributed by atoms with Gasteiger partial charge < -0.3 is 9.47 Å². The number of ketones is 1. The Labute approximate surface area is 161 Å². The molecule has 156 valence electrons. The van der Waals surface area contributed by atoms with E-state index in [0.717, 1.165) is 37.1 Å². The molecule has 10 heteroatoms. The SMILES string of the molecule is O=C(COC1CCN(S(=O)(=O)c2ccc(OC(F)(F)F)cc2)CC1)CC1CC1. The molecular weight excluding hydrogens is 399 g/mol. The van der Waals surface area contributed by atoms with E-state index >= 15 is 0 Å². The second-order valence-electron chi connectivity index (χ2n) is 7.12. The molecule has 1 heterocycles. The second-order valence-corrected chi connectivity index (χ2v) is 9.06. The van der Waals surface area contributed by atoms with Crippen molar-refractivity contribution in [1.82, 2.24) is 4.31 Å². The van der Waals surface area contributed by atoms with Gasteiger partial charge in [0.25, 0.3) is 0 Å². The monoisotopic (exact) mass is 421 g/mol. The number of benzene rings is 1. The number of alkyl halides is 3. The largest absolute Gasteiger partial charge is 0.573 e. The van der Waals surface area contributed by atoms with Gasteiger partial charge in [-0.15, -0.1) is 13.2 Å². The van der Waals surface area contributed by atoms with E-state index in [9.17, 15) is 26.4 Å². The van der Waals surface area contributed by atoms with Crippen LogP contribution in [-0.2, 0) is 19.6 Å². The summed E-state index contributed by atoms with van der Waals surface area (Å²) in [4.78, 5) is 11.7. The van der Waals surface area contributed by atoms with Crippen LogP contribution in [-0.4, -0.2) is 50.7 Å². The molecule has 0 aromatic heterocycles. The second kappa shape index (κ2) is 8.38. The number of ether oxygens (including phenoxy) is 2. The Kier molecular flexibility index (Phi) is 6.31. The van der Waals surface area contributed by atoms with E-state index in [2.05, 4.69) is 4.74 Å². The quantitative estimate of drug-likeness (QED) is 0.645. The molecule has 1 aliphatic carbocycles. The summed E-state index contributed by atoms with van der Waals surface area (Å²) < 4.78 is 72.5. The maximum atomic E-state index is 12.7. The van der Waals surface area contributed by atoms with E-state index in [1.807, 2.05) is 0 Å². The van der Waals surface area contributed by atoms with Gasteiger partial charge in [-0.1, -0.05) is 0 Å². The third-order valence-corrected chi connectivity index (χ3v) is 6.70. The smallest absolute Gasteiger partial charge is 0.406 e. The van der Waals surface area contributed by atoms with Crippen molar-refractivity contribution in [3.63, 3.8) is 0 Å². The molecule has 0 N–H and O–H groups in total. The van der Waals surface area contributed by atoms with Crippen LogP contribution in [0, 0.1) is 5.92 Å². The summed E-state index contributed by atoms with van der Waals surface area (Å²) in [6.45, 7) is 0.518. The molecule has 0 atom stereocenters. The average Bonchev–Trinajstić information content (AvgIpc) is 3.43. The molecule has 6 nitrogen and oxygen atoms in total. The number of nitrogens with zero attached hydrogens (tertiary/aromatic N) is 1. The van der Waals surface area contributed by atoms with Crippen LogP contribution >= 0.6 is 0 Å². The normalized spacial score (nSPS) is 19.5. The van der Waals surface area contributed by atoms with Crippen molar-refractivity contribution in [3.05, 3.63) is 24.3 Å². The first kappa shape index (κ1) is 21.1. The van der Waals surface area contributed by atoms with Gasteiger partial charge in [0, 0.05) is 19.5 Å². The lowest BCUT2D eigenvalue weighted by Crippen LogP contribution is -2.41. The molecule has 0 amide bonds. The highest BCUT2D eigenvalue weighted by Crippen LogP contribution is 2.32. The fraction of sp³-hybridized carbons (Fsp3) is 0.611. The van der Waals surface area contributed by atoms with E-state index < -0.39 is 22.1 Å². The molecule has 0 bridgehead atoms. The first-order valence-corrected chi connectivity index (χ1v) is 10.6. The molecule has 0 spiro atoms. The Hall–Kier alpha value is -1.65. The molecule has 1 aromatic carbocycles. The highest BCUT2D eigenvalue weighted by Gasteiger charge is 2.33. The van der Waals surface area contributed by atoms with E-state index in [1.165, 1.54) is 4.31 Å². The molecule has 0 radical (unpaired) electrons. The zero-order valence-corrected chi connectivity index (χ0v) is 16.0. The van der Waals surface area contributed by atoms with Gasteiger partial charge in [0.1, 0.15) is 12.4 Å². The van der Waals surface area contributed by atoms with E-state index in [-0.39, 0.29) is 36.5 Å². The number of sulfonamides is 1. The molecule has 0 unspecified atom stereocenters. The van der Waals surface area contributed by atoms with Crippen LogP contribution in [0.2, 0.25) is 0 Å². The lowest BCUT2D eigenvalue weighted by molar-refractivity contribution is -0.274. The number of hydrogen-bond donors (Lipinski definition) is 0. The minimum Gasteiger partial charge on any atom is -0.406 e. The maximum Gasteiger partial charge on any atom is 0.573 e. The number of rotatable bonds is 8. The van der Waals surface area contributed by atoms with Crippen LogP contribution in [0.25, 0.3) is 0 Å². The minimum atomic E-state index is -4.83. The van der Waals surface area contributed by atoms with Gasteiger partial charge in [0.15, 0.2) is 5.78 Å². The van der Waals surface area contributed by atoms with Gasteiger partial charge in [0.2, 0.25) is 10.0 Å². The number of carbonyl (C=O) groups is 1. The Balaban J connectivity index is 1.50. The highest BCUT2D eigenvalue weighted by molar-refractivity contribution is 7.89. The molecule has 28 heavy (non-hydrogen) atoms. The topological polar surface area (TPSA) is 72.9 Å². The standard InChI is InChI=1S/C18H22F3NO5S/c19-18(20,21)27-16-3-5-17(6-4-16)28(24,25)22-9-7-15(8-10-22)26-12-14(23)11-13-1-2-13/h3-6,13,15H,1-2,7-12H2. The zero-order chi connectivity index (χ0) is 20.4. The number of halogens is 3. The molecule has 1 aromatic rings. The Bertz CT molecular complexity index is 782. The summed E-state index contributed by atoms with van der Waals surface area (Å²) in [6.07, 6.45) is -1.31. The van der Waals surface area contributed by atoms with Crippen molar-refractivity contribution in [2.75, 3.05) is 19.7 Å². The van der Waals surface area contributed by atoms with Gasteiger partial charge in [-0.2, -0.15) is 4.31 Å². The summed E-state index contributed by atoms with van der Waals surface area (Å²) in [6, 6.07) is 4.13. The van der Waals surface area contributed by atoms with Crippen LogP contribution in [0.1, 0.15) is 32.1 Å². The number of Topliss-reactive ketones (excluding diaryl/α,β-unsaturated/α-hetero) is 1. The summed E-state index contributed by atoms with van der Waals surface area (Å²) in [5, 5.41) is 0.